The van der Waals surface area contributed by atoms with Crippen LogP contribution in [0, 0.1) is 0 Å². The van der Waals surface area contributed by atoms with Crippen molar-refractivity contribution in [1.82, 2.24) is 24.8 Å². The van der Waals surface area contributed by atoms with E-state index >= 15 is 0 Å². The second-order valence-corrected chi connectivity index (χ2v) is 5.27. The van der Waals surface area contributed by atoms with Gasteiger partial charge in [0.15, 0.2) is 0 Å². The summed E-state index contributed by atoms with van der Waals surface area (Å²) in [5, 5.41) is 3.38. The Hall–Kier alpha value is -1.50. The van der Waals surface area contributed by atoms with Gasteiger partial charge >= 0.3 is 0 Å². The van der Waals surface area contributed by atoms with Gasteiger partial charge in [-0.2, -0.15) is 0 Å². The van der Waals surface area contributed by atoms with Crippen LogP contribution in [0.1, 0.15) is 12.7 Å². The van der Waals surface area contributed by atoms with Crippen LogP contribution in [-0.2, 0) is 17.8 Å². The molecule has 3 heterocycles. The molecule has 2 aromatic rings. The van der Waals surface area contributed by atoms with Gasteiger partial charge in [-0.05, 0) is 13.0 Å². The predicted octanol–water partition coefficient (Wildman–Crippen LogP) is 0.873. The Morgan fingerprint density at radius 1 is 1.33 bits per heavy atom. The second-order valence-electron chi connectivity index (χ2n) is 5.27. The molecule has 0 unspecified atom stereocenters. The zero-order valence-corrected chi connectivity index (χ0v) is 12.6. The summed E-state index contributed by atoms with van der Waals surface area (Å²) in [5.41, 5.74) is 2.12. The Kier molecular flexibility index (Phi) is 4.80. The fourth-order valence-corrected chi connectivity index (χ4v) is 2.76. The summed E-state index contributed by atoms with van der Waals surface area (Å²) in [7, 11) is 0. The van der Waals surface area contributed by atoms with Gasteiger partial charge in [0.2, 0.25) is 0 Å². The number of piperazine rings is 1. The van der Waals surface area contributed by atoms with Crippen molar-refractivity contribution in [3.63, 3.8) is 0 Å². The molecule has 0 aliphatic carbocycles. The number of pyridine rings is 1. The maximum absolute atomic E-state index is 5.51. The van der Waals surface area contributed by atoms with E-state index in [0.29, 0.717) is 6.61 Å². The quantitative estimate of drug-likeness (QED) is 0.800. The first kappa shape index (κ1) is 14.4. The molecule has 6 heteroatoms. The summed E-state index contributed by atoms with van der Waals surface area (Å²) in [5.74, 6) is 1.11. The van der Waals surface area contributed by atoms with Crippen LogP contribution >= 0.6 is 0 Å². The standard InChI is InChI=1S/C15H23N5O/c1-2-21-10-9-20-14-11-17-4-3-13(14)18-15(20)12-19-7-5-16-6-8-19/h3-4,11,16H,2,5-10,12H2,1H3. The van der Waals surface area contributed by atoms with Gasteiger partial charge in [-0.15, -0.1) is 0 Å². The van der Waals surface area contributed by atoms with Gasteiger partial charge in [-0.25, -0.2) is 4.98 Å². The number of ether oxygens (including phenoxy) is 1. The van der Waals surface area contributed by atoms with Crippen molar-refractivity contribution in [2.24, 2.45) is 0 Å². The normalized spacial score (nSPS) is 16.6. The van der Waals surface area contributed by atoms with Crippen molar-refractivity contribution in [2.45, 2.75) is 20.0 Å². The molecule has 2 aromatic heterocycles. The number of fused-ring (bicyclic) bond motifs is 1. The van der Waals surface area contributed by atoms with Crippen LogP contribution in [0.15, 0.2) is 18.5 Å². The van der Waals surface area contributed by atoms with Crippen molar-refractivity contribution in [1.29, 1.82) is 0 Å². The monoisotopic (exact) mass is 289 g/mol. The van der Waals surface area contributed by atoms with Gasteiger partial charge in [-0.3, -0.25) is 9.88 Å². The van der Waals surface area contributed by atoms with Crippen molar-refractivity contribution in [2.75, 3.05) is 39.4 Å². The highest BCUT2D eigenvalue weighted by Gasteiger charge is 2.16. The molecule has 1 N–H and O–H groups in total. The van der Waals surface area contributed by atoms with Crippen LogP contribution < -0.4 is 5.32 Å². The number of nitrogens with zero attached hydrogens (tertiary/aromatic N) is 4. The van der Waals surface area contributed by atoms with Crippen LogP contribution in [0.2, 0.25) is 0 Å². The first-order valence-electron chi connectivity index (χ1n) is 7.68. The van der Waals surface area contributed by atoms with E-state index in [1.165, 1.54) is 0 Å². The van der Waals surface area contributed by atoms with Crippen molar-refractivity contribution < 1.29 is 4.74 Å². The number of rotatable bonds is 6. The minimum Gasteiger partial charge on any atom is -0.380 e. The molecular weight excluding hydrogens is 266 g/mol. The third-order valence-corrected chi connectivity index (χ3v) is 3.87. The van der Waals surface area contributed by atoms with Crippen molar-refractivity contribution >= 4 is 11.0 Å². The summed E-state index contributed by atoms with van der Waals surface area (Å²) in [6.45, 7) is 9.47. The average molecular weight is 289 g/mol. The molecule has 114 valence electrons. The largest absolute Gasteiger partial charge is 0.380 e. The first-order chi connectivity index (χ1) is 10.4. The molecule has 6 nitrogen and oxygen atoms in total. The molecule has 1 fully saturated rings. The number of aromatic nitrogens is 3. The predicted molar refractivity (Wildman–Crippen MR) is 82.2 cm³/mol. The molecule has 0 radical (unpaired) electrons. The molecule has 1 aliphatic rings. The molecule has 3 rings (SSSR count). The lowest BCUT2D eigenvalue weighted by Crippen LogP contribution is -2.43. The molecule has 0 amide bonds. The summed E-state index contributed by atoms with van der Waals surface area (Å²) in [6, 6.07) is 1.98. The molecule has 0 bridgehead atoms. The van der Waals surface area contributed by atoms with Crippen LogP contribution in [-0.4, -0.2) is 58.8 Å². The summed E-state index contributed by atoms with van der Waals surface area (Å²) < 4.78 is 7.76. The van der Waals surface area contributed by atoms with E-state index in [1.54, 1.807) is 6.20 Å². The SMILES string of the molecule is CCOCCn1c(CN2CCNCC2)nc2ccncc21. The molecule has 0 spiro atoms. The van der Waals surface area contributed by atoms with E-state index in [0.717, 1.165) is 62.7 Å². The fraction of sp³-hybridized carbons (Fsp3) is 0.600. The molecule has 21 heavy (non-hydrogen) atoms. The van der Waals surface area contributed by atoms with E-state index in [4.69, 9.17) is 9.72 Å². The summed E-state index contributed by atoms with van der Waals surface area (Å²) in [6.07, 6.45) is 3.70. The first-order valence-corrected chi connectivity index (χ1v) is 7.68. The minimum atomic E-state index is 0.714. The topological polar surface area (TPSA) is 55.2 Å². The fourth-order valence-electron chi connectivity index (χ4n) is 2.76. The lowest BCUT2D eigenvalue weighted by molar-refractivity contribution is 0.137. The third kappa shape index (κ3) is 3.40. The van der Waals surface area contributed by atoms with Crippen LogP contribution in [0.4, 0.5) is 0 Å². The molecule has 0 aromatic carbocycles. The smallest absolute Gasteiger partial charge is 0.124 e. The average Bonchev–Trinajstić information content (AvgIpc) is 2.86. The Balaban J connectivity index is 1.82. The van der Waals surface area contributed by atoms with Crippen molar-refractivity contribution in [3.05, 3.63) is 24.3 Å². The van der Waals surface area contributed by atoms with E-state index in [9.17, 15) is 0 Å². The highest BCUT2D eigenvalue weighted by Crippen LogP contribution is 2.16. The highest BCUT2D eigenvalue weighted by atomic mass is 16.5. The Labute approximate surface area is 125 Å². The van der Waals surface area contributed by atoms with Gasteiger partial charge in [0, 0.05) is 45.5 Å². The Morgan fingerprint density at radius 3 is 3.00 bits per heavy atom. The van der Waals surface area contributed by atoms with Gasteiger partial charge in [-0.1, -0.05) is 0 Å². The number of hydrogen-bond donors (Lipinski definition) is 1. The van der Waals surface area contributed by atoms with E-state index in [-0.39, 0.29) is 0 Å². The molecule has 0 saturated carbocycles. The zero-order valence-electron chi connectivity index (χ0n) is 12.6. The molecule has 0 atom stereocenters. The number of hydrogen-bond acceptors (Lipinski definition) is 5. The van der Waals surface area contributed by atoms with Gasteiger partial charge < -0.3 is 14.6 Å². The van der Waals surface area contributed by atoms with Crippen LogP contribution in [0.25, 0.3) is 11.0 Å². The third-order valence-electron chi connectivity index (χ3n) is 3.87. The van der Waals surface area contributed by atoms with E-state index in [2.05, 4.69) is 19.8 Å². The summed E-state index contributed by atoms with van der Waals surface area (Å²) >= 11 is 0. The number of imidazole rings is 1. The van der Waals surface area contributed by atoms with Crippen molar-refractivity contribution in [3.8, 4) is 0 Å². The molecule has 1 aliphatic heterocycles. The maximum atomic E-state index is 5.51. The van der Waals surface area contributed by atoms with Gasteiger partial charge in [0.25, 0.3) is 0 Å². The van der Waals surface area contributed by atoms with E-state index in [1.807, 2.05) is 19.2 Å². The highest BCUT2D eigenvalue weighted by molar-refractivity contribution is 5.74. The Bertz CT molecular complexity index is 576. The zero-order chi connectivity index (χ0) is 14.5. The Morgan fingerprint density at radius 2 is 2.19 bits per heavy atom. The van der Waals surface area contributed by atoms with Crippen LogP contribution in [0.3, 0.4) is 0 Å². The minimum absolute atomic E-state index is 0.714. The lowest BCUT2D eigenvalue weighted by Gasteiger charge is -2.27. The lowest BCUT2D eigenvalue weighted by atomic mass is 10.3. The molecular formula is C15H23N5O. The van der Waals surface area contributed by atoms with Gasteiger partial charge in [0.05, 0.1) is 30.4 Å². The van der Waals surface area contributed by atoms with Gasteiger partial charge in [0.1, 0.15) is 5.82 Å². The van der Waals surface area contributed by atoms with E-state index < -0.39 is 0 Å². The second kappa shape index (κ2) is 6.98. The maximum Gasteiger partial charge on any atom is 0.124 e. The number of nitrogens with one attached hydrogen (secondary N) is 1. The van der Waals surface area contributed by atoms with Crippen LogP contribution in [0.5, 0.6) is 0 Å². The summed E-state index contributed by atoms with van der Waals surface area (Å²) in [4.78, 5) is 11.5. The molecule has 1 saturated heterocycles.